The second kappa shape index (κ2) is 3.93. The molecule has 1 aromatic carbocycles. The van der Waals surface area contributed by atoms with E-state index in [9.17, 15) is 0 Å². The van der Waals surface area contributed by atoms with E-state index in [4.69, 9.17) is 23.2 Å². The normalized spacial score (nSPS) is 10.5. The lowest BCUT2D eigenvalue weighted by Crippen LogP contribution is -1.73. The summed E-state index contributed by atoms with van der Waals surface area (Å²) in [7, 11) is 0. The smallest absolute Gasteiger partial charge is 0.101 e. The summed E-state index contributed by atoms with van der Waals surface area (Å²) in [5.74, 6) is 0. The van der Waals surface area contributed by atoms with Gasteiger partial charge in [0.25, 0.3) is 0 Å². The average Bonchev–Trinajstić information content (AvgIpc) is 2.47. The molecule has 0 radical (unpaired) electrons. The van der Waals surface area contributed by atoms with Crippen LogP contribution in [0.5, 0.6) is 0 Å². The summed E-state index contributed by atoms with van der Waals surface area (Å²) in [6, 6.07) is 9.81. The molecular weight excluding hydrogens is 235 g/mol. The fourth-order valence-electron chi connectivity index (χ4n) is 1.31. The molecule has 3 heteroatoms. The Bertz CT molecular complexity index is 443. The molecule has 0 N–H and O–H groups in total. The summed E-state index contributed by atoms with van der Waals surface area (Å²) in [5, 5.41) is 0.747. The molecule has 0 aliphatic heterocycles. The van der Waals surface area contributed by atoms with Gasteiger partial charge >= 0.3 is 0 Å². The number of rotatable bonds is 1. The highest BCUT2D eigenvalue weighted by atomic mass is 35.5. The van der Waals surface area contributed by atoms with E-state index < -0.39 is 0 Å². The minimum absolute atomic E-state index is 0.747. The number of benzene rings is 1. The van der Waals surface area contributed by atoms with Crippen LogP contribution in [0.3, 0.4) is 0 Å². The summed E-state index contributed by atoms with van der Waals surface area (Å²) >= 11 is 13.5. The van der Waals surface area contributed by atoms with Gasteiger partial charge in [0.1, 0.15) is 4.34 Å². The van der Waals surface area contributed by atoms with Crippen LogP contribution < -0.4 is 0 Å². The lowest BCUT2D eigenvalue weighted by atomic mass is 10.1. The highest BCUT2D eigenvalue weighted by Crippen LogP contribution is 2.35. The Morgan fingerprint density at radius 3 is 2.21 bits per heavy atom. The van der Waals surface area contributed by atoms with Gasteiger partial charge in [-0.2, -0.15) is 0 Å². The minimum atomic E-state index is 0.747. The van der Waals surface area contributed by atoms with Gasteiger partial charge in [-0.1, -0.05) is 35.3 Å². The van der Waals surface area contributed by atoms with Crippen LogP contribution in [0.15, 0.2) is 30.3 Å². The number of hydrogen-bond acceptors (Lipinski definition) is 1. The van der Waals surface area contributed by atoms with Gasteiger partial charge in [-0.3, -0.25) is 0 Å². The third kappa shape index (κ3) is 1.95. The Balaban J connectivity index is 2.49. The Hall–Kier alpha value is -0.500. The van der Waals surface area contributed by atoms with E-state index in [1.54, 1.807) is 11.3 Å². The van der Waals surface area contributed by atoms with Gasteiger partial charge in [-0.15, -0.1) is 11.3 Å². The van der Waals surface area contributed by atoms with E-state index in [1.165, 1.54) is 4.88 Å². The number of aryl methyl sites for hydroxylation is 1. The molecule has 0 saturated heterocycles. The Kier molecular flexibility index (Phi) is 2.82. The highest BCUT2D eigenvalue weighted by molar-refractivity contribution is 7.16. The van der Waals surface area contributed by atoms with Crippen molar-refractivity contribution in [2.45, 2.75) is 6.92 Å². The van der Waals surface area contributed by atoms with E-state index in [0.717, 1.165) is 20.5 Å². The maximum atomic E-state index is 6.10. The first-order valence-corrected chi connectivity index (χ1v) is 5.76. The standard InChI is InChI=1S/C11H8Cl2S/c1-7-6-10(11(13)14-7)8-2-4-9(12)5-3-8/h2-6H,1H3. The van der Waals surface area contributed by atoms with Gasteiger partial charge in [0.05, 0.1) is 0 Å². The van der Waals surface area contributed by atoms with Crippen LogP contribution in [0.1, 0.15) is 4.88 Å². The van der Waals surface area contributed by atoms with Crippen molar-refractivity contribution >= 4 is 34.5 Å². The molecule has 0 atom stereocenters. The fraction of sp³-hybridized carbons (Fsp3) is 0.0909. The topological polar surface area (TPSA) is 0 Å². The van der Waals surface area contributed by atoms with E-state index in [1.807, 2.05) is 24.3 Å². The maximum Gasteiger partial charge on any atom is 0.101 e. The van der Waals surface area contributed by atoms with Crippen molar-refractivity contribution in [3.8, 4) is 11.1 Å². The highest BCUT2D eigenvalue weighted by Gasteiger charge is 2.06. The number of thiophene rings is 1. The first kappa shape index (κ1) is 10.0. The van der Waals surface area contributed by atoms with Crippen molar-refractivity contribution in [1.82, 2.24) is 0 Å². The molecular formula is C11H8Cl2S. The van der Waals surface area contributed by atoms with Crippen molar-refractivity contribution in [2.75, 3.05) is 0 Å². The molecule has 2 aromatic rings. The molecule has 0 aliphatic carbocycles. The molecule has 14 heavy (non-hydrogen) atoms. The average molecular weight is 243 g/mol. The van der Waals surface area contributed by atoms with E-state index in [2.05, 4.69) is 13.0 Å². The van der Waals surface area contributed by atoms with Gasteiger partial charge < -0.3 is 0 Å². The van der Waals surface area contributed by atoms with Crippen LogP contribution in [0, 0.1) is 6.92 Å². The minimum Gasteiger partial charge on any atom is -0.128 e. The third-order valence-electron chi connectivity index (χ3n) is 1.97. The van der Waals surface area contributed by atoms with Crippen molar-refractivity contribution in [3.63, 3.8) is 0 Å². The summed E-state index contributed by atoms with van der Waals surface area (Å²) < 4.78 is 0.838. The van der Waals surface area contributed by atoms with Crippen LogP contribution in [-0.2, 0) is 0 Å². The first-order valence-electron chi connectivity index (χ1n) is 4.18. The van der Waals surface area contributed by atoms with Gasteiger partial charge in [0.2, 0.25) is 0 Å². The Morgan fingerprint density at radius 1 is 1.07 bits per heavy atom. The molecule has 0 aliphatic rings. The van der Waals surface area contributed by atoms with E-state index in [-0.39, 0.29) is 0 Å². The lowest BCUT2D eigenvalue weighted by Gasteiger charge is -1.98. The van der Waals surface area contributed by atoms with Gasteiger partial charge in [0, 0.05) is 15.5 Å². The molecule has 1 aromatic heterocycles. The van der Waals surface area contributed by atoms with Crippen LogP contribution in [0.4, 0.5) is 0 Å². The zero-order chi connectivity index (χ0) is 10.1. The Morgan fingerprint density at radius 2 is 1.71 bits per heavy atom. The molecule has 0 spiro atoms. The predicted molar refractivity (Wildman–Crippen MR) is 64.5 cm³/mol. The zero-order valence-corrected chi connectivity index (χ0v) is 9.88. The van der Waals surface area contributed by atoms with Crippen molar-refractivity contribution in [1.29, 1.82) is 0 Å². The largest absolute Gasteiger partial charge is 0.128 e. The van der Waals surface area contributed by atoms with E-state index in [0.29, 0.717) is 0 Å². The van der Waals surface area contributed by atoms with Crippen LogP contribution in [0.25, 0.3) is 11.1 Å². The maximum absolute atomic E-state index is 6.10. The third-order valence-corrected chi connectivity index (χ3v) is 3.49. The predicted octanol–water partition coefficient (Wildman–Crippen LogP) is 5.03. The molecule has 1 heterocycles. The van der Waals surface area contributed by atoms with Gasteiger partial charge in [0.15, 0.2) is 0 Å². The molecule has 0 nitrogen and oxygen atoms in total. The molecule has 0 bridgehead atoms. The molecule has 0 unspecified atom stereocenters. The fourth-order valence-corrected chi connectivity index (χ4v) is 2.71. The summed E-state index contributed by atoms with van der Waals surface area (Å²) in [6.45, 7) is 2.05. The second-order valence-electron chi connectivity index (χ2n) is 3.05. The molecule has 0 fully saturated rings. The quantitative estimate of drug-likeness (QED) is 0.658. The van der Waals surface area contributed by atoms with Crippen LogP contribution in [-0.4, -0.2) is 0 Å². The van der Waals surface area contributed by atoms with Crippen molar-refractivity contribution in [3.05, 3.63) is 44.6 Å². The molecule has 2 rings (SSSR count). The molecule has 72 valence electrons. The zero-order valence-electron chi connectivity index (χ0n) is 7.55. The summed E-state index contributed by atoms with van der Waals surface area (Å²) in [6.07, 6.45) is 0. The lowest BCUT2D eigenvalue weighted by molar-refractivity contribution is 1.61. The SMILES string of the molecule is Cc1cc(-c2ccc(Cl)cc2)c(Cl)s1. The van der Waals surface area contributed by atoms with Gasteiger partial charge in [-0.25, -0.2) is 0 Å². The molecule has 0 amide bonds. The molecule has 0 saturated carbocycles. The number of halogens is 2. The van der Waals surface area contributed by atoms with Crippen molar-refractivity contribution < 1.29 is 0 Å². The summed E-state index contributed by atoms with van der Waals surface area (Å²) in [5.41, 5.74) is 2.20. The Labute approximate surface area is 97.1 Å². The monoisotopic (exact) mass is 242 g/mol. The van der Waals surface area contributed by atoms with Crippen LogP contribution >= 0.6 is 34.5 Å². The second-order valence-corrected chi connectivity index (χ2v) is 5.35. The first-order chi connectivity index (χ1) is 6.66. The van der Waals surface area contributed by atoms with Crippen LogP contribution in [0.2, 0.25) is 9.36 Å². The summed E-state index contributed by atoms with van der Waals surface area (Å²) in [4.78, 5) is 1.22. The van der Waals surface area contributed by atoms with Gasteiger partial charge in [-0.05, 0) is 30.7 Å². The number of hydrogen-bond donors (Lipinski definition) is 0. The van der Waals surface area contributed by atoms with E-state index >= 15 is 0 Å². The van der Waals surface area contributed by atoms with Crippen molar-refractivity contribution in [2.24, 2.45) is 0 Å².